The third kappa shape index (κ3) is 3.40. The van der Waals surface area contributed by atoms with Crippen molar-refractivity contribution < 1.29 is 4.74 Å². The highest BCUT2D eigenvalue weighted by molar-refractivity contribution is 6.04. The molecule has 0 aliphatic carbocycles. The molecule has 33 heavy (non-hydrogen) atoms. The Morgan fingerprint density at radius 2 is 1.70 bits per heavy atom. The lowest BCUT2D eigenvalue weighted by atomic mass is 10.1. The number of nitrogens with zero attached hydrogens (tertiary/aromatic N) is 5. The van der Waals surface area contributed by atoms with Gasteiger partial charge in [0.05, 0.1) is 30.2 Å². The first kappa shape index (κ1) is 20.1. The monoisotopic (exact) mass is 439 g/mol. The summed E-state index contributed by atoms with van der Waals surface area (Å²) in [6, 6.07) is 16.0. The van der Waals surface area contributed by atoms with Crippen LogP contribution in [0.15, 0.2) is 53.3 Å². The third-order valence-electron chi connectivity index (χ3n) is 6.51. The summed E-state index contributed by atoms with van der Waals surface area (Å²) in [5, 5.41) is 0.527. The van der Waals surface area contributed by atoms with Crippen molar-refractivity contribution in [3.05, 3.63) is 75.8 Å². The van der Waals surface area contributed by atoms with E-state index >= 15 is 0 Å². The molecule has 0 amide bonds. The van der Waals surface area contributed by atoms with Crippen molar-refractivity contribution in [3.63, 3.8) is 0 Å². The average molecular weight is 440 g/mol. The van der Waals surface area contributed by atoms with Crippen LogP contribution in [0.3, 0.4) is 0 Å². The number of para-hydroxylation sites is 2. The maximum absolute atomic E-state index is 13.8. The minimum atomic E-state index is -0.0845. The highest BCUT2D eigenvalue weighted by Crippen LogP contribution is 2.27. The van der Waals surface area contributed by atoms with Gasteiger partial charge in [-0.25, -0.2) is 15.0 Å². The van der Waals surface area contributed by atoms with Gasteiger partial charge in [-0.2, -0.15) is 0 Å². The van der Waals surface area contributed by atoms with E-state index in [1.54, 1.807) is 4.57 Å². The van der Waals surface area contributed by atoms with E-state index in [2.05, 4.69) is 31.2 Å². The molecular formula is C26H25N5O2. The SMILES string of the molecule is Cc1ccc(Cn2c(C)nc3c(c2=O)c2nc4ccccc4nc2n3C[C@H]2CCCO2)cc1. The molecule has 7 heteroatoms. The second kappa shape index (κ2) is 7.78. The van der Waals surface area contributed by atoms with Gasteiger partial charge in [0, 0.05) is 6.61 Å². The zero-order chi connectivity index (χ0) is 22.5. The van der Waals surface area contributed by atoms with Crippen molar-refractivity contribution in [3.8, 4) is 0 Å². The van der Waals surface area contributed by atoms with Gasteiger partial charge in [-0.1, -0.05) is 42.0 Å². The van der Waals surface area contributed by atoms with Gasteiger partial charge in [-0.05, 0) is 44.4 Å². The molecule has 3 aromatic heterocycles. The van der Waals surface area contributed by atoms with Crippen molar-refractivity contribution in [1.82, 2.24) is 24.1 Å². The highest BCUT2D eigenvalue weighted by Gasteiger charge is 2.24. The largest absolute Gasteiger partial charge is 0.376 e. The van der Waals surface area contributed by atoms with Crippen LogP contribution in [-0.2, 0) is 17.8 Å². The van der Waals surface area contributed by atoms with Crippen molar-refractivity contribution in [1.29, 1.82) is 0 Å². The molecule has 1 aliphatic heterocycles. The second-order valence-corrected chi connectivity index (χ2v) is 8.86. The molecule has 2 aromatic carbocycles. The van der Waals surface area contributed by atoms with E-state index in [-0.39, 0.29) is 11.7 Å². The summed E-state index contributed by atoms with van der Waals surface area (Å²) in [5.41, 5.74) is 5.68. The molecule has 1 atom stereocenters. The maximum atomic E-state index is 13.8. The summed E-state index contributed by atoms with van der Waals surface area (Å²) in [7, 11) is 0. The van der Waals surface area contributed by atoms with E-state index in [1.807, 2.05) is 35.8 Å². The predicted octanol–water partition coefficient (Wildman–Crippen LogP) is 4.14. The second-order valence-electron chi connectivity index (χ2n) is 8.86. The smallest absolute Gasteiger partial charge is 0.265 e. The summed E-state index contributed by atoms with van der Waals surface area (Å²) >= 11 is 0. The number of aryl methyl sites for hydroxylation is 2. The van der Waals surface area contributed by atoms with Crippen LogP contribution in [0.25, 0.3) is 33.2 Å². The Labute approximate surface area is 190 Å². The molecule has 166 valence electrons. The first-order valence-electron chi connectivity index (χ1n) is 11.4. The Balaban J connectivity index is 1.61. The molecule has 1 saturated heterocycles. The van der Waals surface area contributed by atoms with Crippen LogP contribution in [0.5, 0.6) is 0 Å². The standard InChI is InChI=1S/C26H25N5O2/c1-16-9-11-18(12-10-16)14-30-17(2)27-24-22(26(30)32)23-25(31(24)15-19-6-5-13-33-19)29-21-8-4-3-7-20(21)28-23/h3-4,7-12,19H,5-6,13-15H2,1-2H3/t19-/m1/s1. The normalized spacial score (nSPS) is 16.4. The Morgan fingerprint density at radius 1 is 0.939 bits per heavy atom. The topological polar surface area (TPSA) is 74.8 Å². The molecule has 0 radical (unpaired) electrons. The fraction of sp³-hybridized carbons (Fsp3) is 0.308. The van der Waals surface area contributed by atoms with Crippen LogP contribution < -0.4 is 5.56 Å². The first-order chi connectivity index (χ1) is 16.1. The van der Waals surface area contributed by atoms with E-state index in [4.69, 9.17) is 19.7 Å². The fourth-order valence-corrected chi connectivity index (χ4v) is 4.72. The lowest BCUT2D eigenvalue weighted by molar-refractivity contribution is 0.0987. The summed E-state index contributed by atoms with van der Waals surface area (Å²) in [6.45, 7) is 5.79. The zero-order valence-corrected chi connectivity index (χ0v) is 18.8. The molecule has 6 rings (SSSR count). The van der Waals surface area contributed by atoms with Gasteiger partial charge in [0.25, 0.3) is 5.56 Å². The van der Waals surface area contributed by atoms with Crippen molar-refractivity contribution in [2.45, 2.75) is 45.9 Å². The highest BCUT2D eigenvalue weighted by atomic mass is 16.5. The Bertz CT molecular complexity index is 1560. The zero-order valence-electron chi connectivity index (χ0n) is 18.8. The fourth-order valence-electron chi connectivity index (χ4n) is 4.72. The molecule has 1 fully saturated rings. The van der Waals surface area contributed by atoms with Gasteiger partial charge >= 0.3 is 0 Å². The van der Waals surface area contributed by atoms with E-state index in [9.17, 15) is 4.79 Å². The molecule has 4 heterocycles. The van der Waals surface area contributed by atoms with Crippen LogP contribution in [-0.4, -0.2) is 36.8 Å². The van der Waals surface area contributed by atoms with Crippen LogP contribution in [0, 0.1) is 13.8 Å². The molecule has 5 aromatic rings. The van der Waals surface area contributed by atoms with Crippen LogP contribution in [0.1, 0.15) is 29.8 Å². The number of ether oxygens (including phenoxy) is 1. The third-order valence-corrected chi connectivity index (χ3v) is 6.51. The number of fused-ring (bicyclic) bond motifs is 4. The first-order valence-corrected chi connectivity index (χ1v) is 11.4. The maximum Gasteiger partial charge on any atom is 0.265 e. The number of aromatic nitrogens is 5. The molecular weight excluding hydrogens is 414 g/mol. The average Bonchev–Trinajstić information content (AvgIpc) is 3.43. The molecule has 0 spiro atoms. The van der Waals surface area contributed by atoms with Gasteiger partial charge in [0.2, 0.25) is 0 Å². The van der Waals surface area contributed by atoms with E-state index in [0.29, 0.717) is 41.1 Å². The van der Waals surface area contributed by atoms with Gasteiger partial charge in [0.1, 0.15) is 16.7 Å². The van der Waals surface area contributed by atoms with Gasteiger partial charge in [-0.15, -0.1) is 0 Å². The van der Waals surface area contributed by atoms with Crippen LogP contribution in [0.2, 0.25) is 0 Å². The molecule has 0 saturated carbocycles. The Hall–Kier alpha value is -3.58. The quantitative estimate of drug-likeness (QED) is 0.421. The summed E-state index contributed by atoms with van der Waals surface area (Å²) in [6.07, 6.45) is 2.13. The number of benzene rings is 2. The minimum absolute atomic E-state index is 0.0845. The Morgan fingerprint density at radius 3 is 2.42 bits per heavy atom. The van der Waals surface area contributed by atoms with E-state index in [0.717, 1.165) is 36.0 Å². The molecule has 1 aliphatic rings. The van der Waals surface area contributed by atoms with Gasteiger partial charge in [0.15, 0.2) is 11.3 Å². The number of hydrogen-bond donors (Lipinski definition) is 0. The lowest BCUT2D eigenvalue weighted by Gasteiger charge is -2.13. The minimum Gasteiger partial charge on any atom is -0.376 e. The molecule has 0 bridgehead atoms. The molecule has 0 unspecified atom stereocenters. The summed E-state index contributed by atoms with van der Waals surface area (Å²) in [4.78, 5) is 28.5. The van der Waals surface area contributed by atoms with E-state index < -0.39 is 0 Å². The van der Waals surface area contributed by atoms with Crippen LogP contribution in [0.4, 0.5) is 0 Å². The molecule has 0 N–H and O–H groups in total. The summed E-state index contributed by atoms with van der Waals surface area (Å²) in [5.74, 6) is 0.675. The van der Waals surface area contributed by atoms with Crippen molar-refractivity contribution in [2.75, 3.05) is 6.61 Å². The molecule has 7 nitrogen and oxygen atoms in total. The Kier molecular flexibility index (Phi) is 4.73. The number of rotatable bonds is 4. The number of hydrogen-bond acceptors (Lipinski definition) is 5. The lowest BCUT2D eigenvalue weighted by Crippen LogP contribution is -2.25. The van der Waals surface area contributed by atoms with Gasteiger partial charge < -0.3 is 9.30 Å². The van der Waals surface area contributed by atoms with Crippen molar-refractivity contribution >= 4 is 33.2 Å². The van der Waals surface area contributed by atoms with Crippen molar-refractivity contribution in [2.24, 2.45) is 0 Å². The summed E-state index contributed by atoms with van der Waals surface area (Å²) < 4.78 is 9.67. The van der Waals surface area contributed by atoms with Gasteiger partial charge in [-0.3, -0.25) is 9.36 Å². The predicted molar refractivity (Wildman–Crippen MR) is 129 cm³/mol. The van der Waals surface area contributed by atoms with E-state index in [1.165, 1.54) is 5.56 Å². The van der Waals surface area contributed by atoms with Crippen LogP contribution >= 0.6 is 0 Å².